The summed E-state index contributed by atoms with van der Waals surface area (Å²) in [5.74, 6) is 2.14. The van der Waals surface area contributed by atoms with Crippen LogP contribution < -0.4 is 5.73 Å². The molecule has 1 rings (SSSR count). The molecule has 0 bridgehead atoms. The smallest absolute Gasteiger partial charge is 0.0285 e. The Hall–Kier alpha value is 0.490. The second kappa shape index (κ2) is 5.19. The van der Waals surface area contributed by atoms with E-state index in [0.717, 1.165) is 18.1 Å². The molecular formula is C7H10BrNS2. The maximum Gasteiger partial charge on any atom is 0.0285 e. The highest BCUT2D eigenvalue weighted by molar-refractivity contribution is 9.10. The van der Waals surface area contributed by atoms with Gasteiger partial charge in [0.25, 0.3) is 0 Å². The zero-order chi connectivity index (χ0) is 8.10. The van der Waals surface area contributed by atoms with Gasteiger partial charge >= 0.3 is 0 Å². The second-order valence-electron chi connectivity index (χ2n) is 2.07. The van der Waals surface area contributed by atoms with Crippen molar-refractivity contribution in [1.29, 1.82) is 0 Å². The quantitative estimate of drug-likeness (QED) is 0.834. The summed E-state index contributed by atoms with van der Waals surface area (Å²) in [4.78, 5) is 1.41. The molecule has 0 atom stereocenters. The Kier molecular flexibility index (Phi) is 4.52. The van der Waals surface area contributed by atoms with Gasteiger partial charge in [0, 0.05) is 32.8 Å². The summed E-state index contributed by atoms with van der Waals surface area (Å²) in [5.41, 5.74) is 5.37. The van der Waals surface area contributed by atoms with Crippen LogP contribution in [0.25, 0.3) is 0 Å². The lowest BCUT2D eigenvalue weighted by Crippen LogP contribution is -2.00. The first-order valence-corrected chi connectivity index (χ1v) is 6.16. The first-order valence-electron chi connectivity index (χ1n) is 3.33. The zero-order valence-electron chi connectivity index (χ0n) is 6.05. The Morgan fingerprint density at radius 1 is 1.64 bits per heavy atom. The molecule has 0 spiro atoms. The van der Waals surface area contributed by atoms with Gasteiger partial charge in [-0.25, -0.2) is 0 Å². The predicted molar refractivity (Wildman–Crippen MR) is 57.2 cm³/mol. The largest absolute Gasteiger partial charge is 0.330 e. The summed E-state index contributed by atoms with van der Waals surface area (Å²) in [7, 11) is 0. The molecule has 2 N–H and O–H groups in total. The first-order chi connectivity index (χ1) is 5.33. The molecule has 0 aliphatic carbocycles. The monoisotopic (exact) mass is 251 g/mol. The number of hydrogen-bond donors (Lipinski definition) is 1. The lowest BCUT2D eigenvalue weighted by atomic mass is 10.5. The molecule has 1 aromatic heterocycles. The number of halogens is 1. The van der Waals surface area contributed by atoms with Crippen molar-refractivity contribution in [3.8, 4) is 0 Å². The molecule has 11 heavy (non-hydrogen) atoms. The van der Waals surface area contributed by atoms with Gasteiger partial charge in [-0.05, 0) is 22.0 Å². The summed E-state index contributed by atoms with van der Waals surface area (Å²) in [5, 5.41) is 2.11. The van der Waals surface area contributed by atoms with Gasteiger partial charge in [0.15, 0.2) is 0 Å². The maximum absolute atomic E-state index is 5.37. The van der Waals surface area contributed by atoms with Crippen molar-refractivity contribution in [2.75, 3.05) is 12.3 Å². The third-order valence-electron chi connectivity index (χ3n) is 1.13. The van der Waals surface area contributed by atoms with E-state index < -0.39 is 0 Å². The van der Waals surface area contributed by atoms with Crippen molar-refractivity contribution < 1.29 is 0 Å². The fourth-order valence-corrected chi connectivity index (χ4v) is 3.04. The van der Waals surface area contributed by atoms with Gasteiger partial charge in [-0.2, -0.15) is 11.8 Å². The van der Waals surface area contributed by atoms with Gasteiger partial charge in [-0.1, -0.05) is 0 Å². The van der Waals surface area contributed by atoms with Gasteiger partial charge in [0.1, 0.15) is 0 Å². The summed E-state index contributed by atoms with van der Waals surface area (Å²) in [6.07, 6.45) is 0. The topological polar surface area (TPSA) is 26.0 Å². The normalized spacial score (nSPS) is 10.4. The number of hydrogen-bond acceptors (Lipinski definition) is 3. The van der Waals surface area contributed by atoms with Crippen LogP contribution in [0.3, 0.4) is 0 Å². The second-order valence-corrected chi connectivity index (χ2v) is 5.09. The minimum atomic E-state index is 0.775. The van der Waals surface area contributed by atoms with Gasteiger partial charge in [0.05, 0.1) is 0 Å². The fourth-order valence-electron chi connectivity index (χ4n) is 0.686. The van der Waals surface area contributed by atoms with Crippen molar-refractivity contribution >= 4 is 39.0 Å². The minimum Gasteiger partial charge on any atom is -0.330 e. The van der Waals surface area contributed by atoms with Crippen molar-refractivity contribution in [2.24, 2.45) is 5.73 Å². The van der Waals surface area contributed by atoms with Crippen molar-refractivity contribution in [1.82, 2.24) is 0 Å². The number of thiophene rings is 1. The van der Waals surface area contributed by atoms with Gasteiger partial charge in [-0.15, -0.1) is 11.3 Å². The number of nitrogens with two attached hydrogens (primary N) is 1. The Morgan fingerprint density at radius 2 is 2.45 bits per heavy atom. The third kappa shape index (κ3) is 3.60. The average molecular weight is 252 g/mol. The lowest BCUT2D eigenvalue weighted by molar-refractivity contribution is 1.15. The molecule has 1 nitrogen and oxygen atoms in total. The lowest BCUT2D eigenvalue weighted by Gasteiger charge is -1.94. The highest BCUT2D eigenvalue weighted by Gasteiger charge is 1.96. The zero-order valence-corrected chi connectivity index (χ0v) is 9.27. The van der Waals surface area contributed by atoms with Crippen LogP contribution in [-0.2, 0) is 5.75 Å². The summed E-state index contributed by atoms with van der Waals surface area (Å²) in [6, 6.07) is 2.16. The highest BCUT2D eigenvalue weighted by Crippen LogP contribution is 2.23. The molecule has 4 heteroatoms. The molecule has 1 aromatic rings. The Bertz CT molecular complexity index is 212. The van der Waals surface area contributed by atoms with Crippen LogP contribution in [0.4, 0.5) is 0 Å². The van der Waals surface area contributed by atoms with Crippen LogP contribution in [0.1, 0.15) is 4.88 Å². The Morgan fingerprint density at radius 3 is 3.00 bits per heavy atom. The van der Waals surface area contributed by atoms with Crippen LogP contribution in [0, 0.1) is 0 Å². The molecule has 0 aliphatic heterocycles. The molecule has 0 amide bonds. The fraction of sp³-hybridized carbons (Fsp3) is 0.429. The molecule has 0 saturated heterocycles. The Labute approximate surface area is 83.5 Å². The molecule has 0 saturated carbocycles. The maximum atomic E-state index is 5.37. The van der Waals surface area contributed by atoms with Crippen LogP contribution in [0.15, 0.2) is 15.9 Å². The molecular weight excluding hydrogens is 242 g/mol. The molecule has 0 aromatic carbocycles. The highest BCUT2D eigenvalue weighted by atomic mass is 79.9. The summed E-state index contributed by atoms with van der Waals surface area (Å²) < 4.78 is 1.19. The average Bonchev–Trinajstić information content (AvgIpc) is 2.37. The van der Waals surface area contributed by atoms with Crippen LogP contribution in [0.5, 0.6) is 0 Å². The molecule has 62 valence electrons. The summed E-state index contributed by atoms with van der Waals surface area (Å²) >= 11 is 7.09. The molecule has 0 radical (unpaired) electrons. The van der Waals surface area contributed by atoms with E-state index in [9.17, 15) is 0 Å². The third-order valence-corrected chi connectivity index (χ3v) is 4.05. The summed E-state index contributed by atoms with van der Waals surface area (Å²) in [6.45, 7) is 0.775. The molecule has 0 unspecified atom stereocenters. The van der Waals surface area contributed by atoms with Crippen LogP contribution in [-0.4, -0.2) is 12.3 Å². The number of rotatable bonds is 4. The van der Waals surface area contributed by atoms with Crippen molar-refractivity contribution in [3.63, 3.8) is 0 Å². The van der Waals surface area contributed by atoms with E-state index in [1.807, 2.05) is 11.8 Å². The molecule has 0 fully saturated rings. The molecule has 0 aliphatic rings. The SMILES string of the molecule is NCCSCc1cc(Br)cs1. The first kappa shape index (κ1) is 9.58. The van der Waals surface area contributed by atoms with Crippen molar-refractivity contribution in [2.45, 2.75) is 5.75 Å². The van der Waals surface area contributed by atoms with Crippen LogP contribution >= 0.6 is 39.0 Å². The molecule has 1 heterocycles. The minimum absolute atomic E-state index is 0.775. The van der Waals surface area contributed by atoms with E-state index in [1.165, 1.54) is 9.35 Å². The Balaban J connectivity index is 2.27. The van der Waals surface area contributed by atoms with Gasteiger partial charge in [-0.3, -0.25) is 0 Å². The van der Waals surface area contributed by atoms with E-state index in [4.69, 9.17) is 5.73 Å². The van der Waals surface area contributed by atoms with Crippen LogP contribution in [0.2, 0.25) is 0 Å². The number of thioether (sulfide) groups is 1. The van der Waals surface area contributed by atoms with E-state index >= 15 is 0 Å². The van der Waals surface area contributed by atoms with E-state index in [1.54, 1.807) is 11.3 Å². The van der Waals surface area contributed by atoms with E-state index in [-0.39, 0.29) is 0 Å². The van der Waals surface area contributed by atoms with Gasteiger partial charge < -0.3 is 5.73 Å². The van der Waals surface area contributed by atoms with Crippen molar-refractivity contribution in [3.05, 3.63) is 20.8 Å². The standard InChI is InChI=1S/C7H10BrNS2/c8-6-3-7(11-4-6)5-10-2-1-9/h3-4H,1-2,5,9H2. The van der Waals surface area contributed by atoms with E-state index in [0.29, 0.717) is 0 Å². The predicted octanol–water partition coefficient (Wildman–Crippen LogP) is 2.70. The van der Waals surface area contributed by atoms with E-state index in [2.05, 4.69) is 27.4 Å². The van der Waals surface area contributed by atoms with Gasteiger partial charge in [0.2, 0.25) is 0 Å².